The van der Waals surface area contributed by atoms with E-state index in [-0.39, 0.29) is 17.9 Å². The van der Waals surface area contributed by atoms with Crippen LogP contribution in [-0.4, -0.2) is 28.0 Å². The quantitative estimate of drug-likeness (QED) is 0.533. The van der Waals surface area contributed by atoms with E-state index >= 15 is 0 Å². The highest BCUT2D eigenvalue weighted by atomic mass is 35.5. The Morgan fingerprint density at radius 2 is 2.03 bits per heavy atom. The number of nitrogens with one attached hydrogen (secondary N) is 1. The summed E-state index contributed by atoms with van der Waals surface area (Å²) in [6, 6.07) is 11.3. The number of carbonyl (C=O) groups is 2. The van der Waals surface area contributed by atoms with Gasteiger partial charge >= 0.3 is 0 Å². The van der Waals surface area contributed by atoms with Crippen molar-refractivity contribution in [3.63, 3.8) is 0 Å². The lowest BCUT2D eigenvalue weighted by molar-refractivity contribution is -0.128. The van der Waals surface area contributed by atoms with Crippen molar-refractivity contribution >= 4 is 50.7 Å². The third kappa shape index (κ3) is 3.35. The van der Waals surface area contributed by atoms with Crippen molar-refractivity contribution in [3.05, 3.63) is 52.5 Å². The van der Waals surface area contributed by atoms with E-state index in [9.17, 15) is 9.59 Å². The SMILES string of the molecule is CC1CCCC(NC(=O)C2(C)Cn3c(cc4sccc43)C(=O)N2c2cccc(Cl)c2)C1C. The average Bonchev–Trinajstić information content (AvgIpc) is 3.34. The molecule has 0 bridgehead atoms. The lowest BCUT2D eigenvalue weighted by Crippen LogP contribution is -2.66. The highest BCUT2D eigenvalue weighted by Crippen LogP contribution is 2.38. The largest absolute Gasteiger partial charge is 0.351 e. The number of amides is 2. The second-order valence-electron chi connectivity index (χ2n) is 9.53. The number of aromatic nitrogens is 1. The lowest BCUT2D eigenvalue weighted by atomic mass is 9.77. The van der Waals surface area contributed by atoms with E-state index in [0.717, 1.165) is 23.1 Å². The zero-order valence-electron chi connectivity index (χ0n) is 18.6. The Morgan fingerprint density at radius 3 is 2.81 bits per heavy atom. The number of anilines is 1. The Kier molecular flexibility index (Phi) is 5.33. The van der Waals surface area contributed by atoms with Gasteiger partial charge in [-0.3, -0.25) is 14.5 Å². The van der Waals surface area contributed by atoms with Crippen LogP contribution < -0.4 is 10.2 Å². The lowest BCUT2D eigenvalue weighted by Gasteiger charge is -2.45. The smallest absolute Gasteiger partial charge is 0.275 e. The number of fused-ring (bicyclic) bond motifs is 3. The van der Waals surface area contributed by atoms with Gasteiger partial charge < -0.3 is 9.88 Å². The summed E-state index contributed by atoms with van der Waals surface area (Å²) in [4.78, 5) is 29.4. The van der Waals surface area contributed by atoms with Crippen molar-refractivity contribution in [2.75, 3.05) is 4.90 Å². The second-order valence-corrected chi connectivity index (χ2v) is 10.9. The minimum Gasteiger partial charge on any atom is -0.351 e. The predicted molar refractivity (Wildman–Crippen MR) is 131 cm³/mol. The first-order chi connectivity index (χ1) is 15.3. The van der Waals surface area contributed by atoms with Crippen molar-refractivity contribution in [3.8, 4) is 0 Å². The van der Waals surface area contributed by atoms with Crippen LogP contribution in [0.4, 0.5) is 5.69 Å². The minimum atomic E-state index is -1.08. The number of halogens is 1. The molecule has 4 atom stereocenters. The number of hydrogen-bond donors (Lipinski definition) is 1. The molecule has 3 heterocycles. The molecule has 2 aliphatic rings. The summed E-state index contributed by atoms with van der Waals surface area (Å²) < 4.78 is 3.06. The molecule has 5 rings (SSSR count). The maximum atomic E-state index is 13.9. The molecular weight excluding hydrogens is 442 g/mol. The summed E-state index contributed by atoms with van der Waals surface area (Å²) >= 11 is 7.89. The predicted octanol–water partition coefficient (Wildman–Crippen LogP) is 5.72. The number of nitrogens with zero attached hydrogens (tertiary/aromatic N) is 2. The van der Waals surface area contributed by atoms with E-state index in [1.165, 1.54) is 6.42 Å². The summed E-state index contributed by atoms with van der Waals surface area (Å²) in [5.41, 5.74) is 1.17. The van der Waals surface area contributed by atoms with Gasteiger partial charge in [0.05, 0.1) is 16.8 Å². The molecule has 1 aliphatic heterocycles. The third-order valence-electron chi connectivity index (χ3n) is 7.48. The van der Waals surface area contributed by atoms with E-state index in [1.807, 2.05) is 41.1 Å². The fourth-order valence-corrected chi connectivity index (χ4v) is 6.35. The summed E-state index contributed by atoms with van der Waals surface area (Å²) in [6.45, 7) is 6.74. The second kappa shape index (κ2) is 7.92. The fraction of sp³-hybridized carbons (Fsp3) is 0.440. The Morgan fingerprint density at radius 1 is 1.22 bits per heavy atom. The minimum absolute atomic E-state index is 0.112. The normalized spacial score (nSPS) is 28.1. The van der Waals surface area contributed by atoms with Crippen LogP contribution in [0.25, 0.3) is 10.2 Å². The average molecular weight is 470 g/mol. The molecule has 1 saturated carbocycles. The van der Waals surface area contributed by atoms with Gasteiger partial charge in [0, 0.05) is 16.8 Å². The van der Waals surface area contributed by atoms with Gasteiger partial charge in [-0.15, -0.1) is 11.3 Å². The van der Waals surface area contributed by atoms with Gasteiger partial charge in [-0.1, -0.05) is 44.4 Å². The molecule has 0 radical (unpaired) electrons. The molecular formula is C25H28ClN3O2S. The zero-order valence-corrected chi connectivity index (χ0v) is 20.2. The molecule has 7 heteroatoms. The van der Waals surface area contributed by atoms with Crippen LogP contribution in [0, 0.1) is 11.8 Å². The molecule has 168 valence electrons. The van der Waals surface area contributed by atoms with Gasteiger partial charge in [-0.05, 0) is 60.9 Å². The molecule has 4 unspecified atom stereocenters. The first-order valence-electron chi connectivity index (χ1n) is 11.3. The van der Waals surface area contributed by atoms with Crippen molar-refractivity contribution in [2.24, 2.45) is 11.8 Å². The molecule has 5 nitrogen and oxygen atoms in total. The number of carbonyl (C=O) groups excluding carboxylic acids is 2. The van der Waals surface area contributed by atoms with Gasteiger partial charge in [-0.2, -0.15) is 0 Å². The van der Waals surface area contributed by atoms with Crippen molar-refractivity contribution in [1.29, 1.82) is 0 Å². The van der Waals surface area contributed by atoms with Crippen LogP contribution in [0.3, 0.4) is 0 Å². The molecule has 1 aliphatic carbocycles. The van der Waals surface area contributed by atoms with Gasteiger partial charge in [0.2, 0.25) is 5.91 Å². The topological polar surface area (TPSA) is 54.3 Å². The van der Waals surface area contributed by atoms with Crippen molar-refractivity contribution in [1.82, 2.24) is 9.88 Å². The number of benzene rings is 1. The fourth-order valence-electron chi connectivity index (χ4n) is 5.34. The van der Waals surface area contributed by atoms with Crippen LogP contribution in [0.15, 0.2) is 41.8 Å². The van der Waals surface area contributed by atoms with Crippen LogP contribution in [0.5, 0.6) is 0 Å². The van der Waals surface area contributed by atoms with E-state index in [1.54, 1.807) is 28.4 Å². The molecule has 1 N–H and O–H groups in total. The van der Waals surface area contributed by atoms with Gasteiger partial charge in [0.15, 0.2) is 0 Å². The van der Waals surface area contributed by atoms with Crippen molar-refractivity contribution in [2.45, 2.75) is 58.2 Å². The summed E-state index contributed by atoms with van der Waals surface area (Å²) in [5.74, 6) is 0.686. The zero-order chi connectivity index (χ0) is 22.6. The van der Waals surface area contributed by atoms with E-state index in [2.05, 4.69) is 19.2 Å². The van der Waals surface area contributed by atoms with Crippen LogP contribution in [-0.2, 0) is 11.3 Å². The van der Waals surface area contributed by atoms with Gasteiger partial charge in [0.25, 0.3) is 5.91 Å². The molecule has 1 aromatic carbocycles. The number of thiophene rings is 1. The Balaban J connectivity index is 1.58. The molecule has 2 amide bonds. The van der Waals surface area contributed by atoms with Crippen LogP contribution >= 0.6 is 22.9 Å². The first-order valence-corrected chi connectivity index (χ1v) is 12.5. The Bertz CT molecular complexity index is 1200. The van der Waals surface area contributed by atoms with E-state index < -0.39 is 5.54 Å². The third-order valence-corrected chi connectivity index (χ3v) is 8.57. The molecule has 0 saturated heterocycles. The monoisotopic (exact) mass is 469 g/mol. The Labute approximate surface area is 197 Å². The highest BCUT2D eigenvalue weighted by molar-refractivity contribution is 7.17. The summed E-state index contributed by atoms with van der Waals surface area (Å²) in [6.07, 6.45) is 3.28. The van der Waals surface area contributed by atoms with Crippen molar-refractivity contribution < 1.29 is 9.59 Å². The number of rotatable bonds is 3. The number of hydrogen-bond acceptors (Lipinski definition) is 3. The molecule has 2 aromatic heterocycles. The van der Waals surface area contributed by atoms with E-state index in [4.69, 9.17) is 11.6 Å². The maximum Gasteiger partial charge on any atom is 0.275 e. The highest BCUT2D eigenvalue weighted by Gasteiger charge is 2.49. The first kappa shape index (κ1) is 21.5. The Hall–Kier alpha value is -2.31. The molecule has 3 aromatic rings. The molecule has 0 spiro atoms. The van der Waals surface area contributed by atoms with E-state index in [0.29, 0.717) is 34.8 Å². The molecule has 1 fully saturated rings. The van der Waals surface area contributed by atoms with Gasteiger partial charge in [-0.25, -0.2) is 0 Å². The summed E-state index contributed by atoms with van der Waals surface area (Å²) in [5, 5.41) is 5.89. The molecule has 32 heavy (non-hydrogen) atoms. The standard InChI is InChI=1S/C25H28ClN3O2S/c1-15-6-4-9-19(16(15)2)27-24(31)25(3)14-28-20-10-11-32-22(20)13-21(28)23(30)29(25)18-8-5-7-17(26)12-18/h5,7-8,10-13,15-16,19H,4,6,9,14H2,1-3H3,(H,27,31). The van der Waals surface area contributed by atoms with Crippen LogP contribution in [0.2, 0.25) is 5.02 Å². The van der Waals surface area contributed by atoms with Crippen LogP contribution in [0.1, 0.15) is 50.5 Å². The maximum absolute atomic E-state index is 13.9. The van der Waals surface area contributed by atoms with Gasteiger partial charge in [0.1, 0.15) is 11.2 Å². The summed E-state index contributed by atoms with van der Waals surface area (Å²) in [7, 11) is 0.